The quantitative estimate of drug-likeness (QED) is 0.346. The lowest BCUT2D eigenvalue weighted by Crippen LogP contribution is -2.47. The number of aliphatic hydroxyl groups excluding tert-OH is 1. The number of alkyl carbamates (subject to hydrolysis) is 1. The largest absolute Gasteiger partial charge is 0.445 e. The summed E-state index contributed by atoms with van der Waals surface area (Å²) in [6.45, 7) is 16.7. The van der Waals surface area contributed by atoms with Crippen LogP contribution in [0.1, 0.15) is 74.3 Å². The molecular formula is C27H48N4O7. The van der Waals surface area contributed by atoms with Crippen LogP contribution in [0.4, 0.5) is 15.3 Å². The van der Waals surface area contributed by atoms with E-state index in [-0.39, 0.29) is 31.7 Å². The van der Waals surface area contributed by atoms with E-state index in [1.165, 1.54) is 11.3 Å². The van der Waals surface area contributed by atoms with Gasteiger partial charge in [0, 0.05) is 18.8 Å². The Kier molecular flexibility index (Phi) is 18.2. The maximum atomic E-state index is 11.8. The van der Waals surface area contributed by atoms with Crippen LogP contribution in [-0.2, 0) is 25.7 Å². The van der Waals surface area contributed by atoms with Gasteiger partial charge in [0.15, 0.2) is 0 Å². The van der Waals surface area contributed by atoms with Crippen molar-refractivity contribution in [2.75, 3.05) is 25.5 Å². The molecule has 11 heteroatoms. The number of amides is 4. The average molecular weight is 541 g/mol. The Bertz CT molecular complexity index is 835. The zero-order valence-corrected chi connectivity index (χ0v) is 24.6. The van der Waals surface area contributed by atoms with E-state index in [1.54, 1.807) is 65.9 Å². The van der Waals surface area contributed by atoms with Gasteiger partial charge in [-0.15, -0.1) is 0 Å². The standard InChI is InChI=1S/C14H20N2O4.C10H20N2O3.C3H8/c1-14(2,9-17)16(3)13(19)20-8-11-4-6-12(7-5-11)15-10-18;1-7(2)12-8(13)6-11-9(14)15-10(3,4)5;1-3-2/h4-7,10,17H,8-9H2,1-3H3,(H,15,18);7H,6H2,1-5H3,(H,11,14)(H,12,13);3H2,1-2H3. The van der Waals surface area contributed by atoms with Crippen LogP contribution in [0.2, 0.25) is 0 Å². The SMILES string of the molecule is CC(C)NC(=O)CNC(=O)OC(C)(C)C.CCC.CN(C(=O)OCc1ccc(NC=O)cc1)C(C)(C)CO. The van der Waals surface area contributed by atoms with Crippen molar-refractivity contribution in [1.82, 2.24) is 15.5 Å². The van der Waals surface area contributed by atoms with E-state index >= 15 is 0 Å². The molecule has 0 radical (unpaired) electrons. The van der Waals surface area contributed by atoms with E-state index < -0.39 is 23.3 Å². The molecule has 1 rings (SSSR count). The second kappa shape index (κ2) is 18.8. The van der Waals surface area contributed by atoms with E-state index in [0.29, 0.717) is 12.1 Å². The van der Waals surface area contributed by atoms with E-state index in [0.717, 1.165) is 5.56 Å². The van der Waals surface area contributed by atoms with Gasteiger partial charge in [-0.05, 0) is 66.2 Å². The number of rotatable bonds is 9. The maximum absolute atomic E-state index is 11.8. The van der Waals surface area contributed by atoms with Gasteiger partial charge in [-0.3, -0.25) is 9.59 Å². The number of nitrogens with one attached hydrogen (secondary N) is 3. The highest BCUT2D eigenvalue weighted by atomic mass is 16.6. The fourth-order valence-corrected chi connectivity index (χ4v) is 2.20. The molecule has 0 aliphatic carbocycles. The molecule has 0 aromatic heterocycles. The van der Waals surface area contributed by atoms with Gasteiger partial charge in [0.2, 0.25) is 12.3 Å². The molecule has 0 heterocycles. The molecule has 4 amide bonds. The van der Waals surface area contributed by atoms with Crippen LogP contribution in [0.3, 0.4) is 0 Å². The molecular weight excluding hydrogens is 492 g/mol. The number of nitrogens with zero attached hydrogens (tertiary/aromatic N) is 1. The zero-order valence-electron chi connectivity index (χ0n) is 24.6. The third kappa shape index (κ3) is 18.9. The Balaban J connectivity index is 0. The lowest BCUT2D eigenvalue weighted by molar-refractivity contribution is -0.120. The topological polar surface area (TPSA) is 146 Å². The Labute approximate surface area is 227 Å². The van der Waals surface area contributed by atoms with Crippen LogP contribution in [0, 0.1) is 0 Å². The van der Waals surface area contributed by atoms with Gasteiger partial charge in [-0.1, -0.05) is 32.4 Å². The second-order valence-electron chi connectivity index (χ2n) is 10.3. The van der Waals surface area contributed by atoms with Gasteiger partial charge in [0.05, 0.1) is 12.1 Å². The summed E-state index contributed by atoms with van der Waals surface area (Å²) in [4.78, 5) is 45.7. The normalized spacial score (nSPS) is 10.5. The van der Waals surface area contributed by atoms with Crippen molar-refractivity contribution >= 4 is 30.2 Å². The highest BCUT2D eigenvalue weighted by molar-refractivity contribution is 5.82. The molecule has 1 aromatic carbocycles. The number of ether oxygens (including phenoxy) is 2. The van der Waals surface area contributed by atoms with Gasteiger partial charge < -0.3 is 35.4 Å². The maximum Gasteiger partial charge on any atom is 0.410 e. The Morgan fingerprint density at radius 1 is 1.05 bits per heavy atom. The molecule has 0 saturated heterocycles. The molecule has 11 nitrogen and oxygen atoms in total. The monoisotopic (exact) mass is 540 g/mol. The van der Waals surface area contributed by atoms with E-state index in [4.69, 9.17) is 9.47 Å². The summed E-state index contributed by atoms with van der Waals surface area (Å²) in [5, 5.41) is 16.7. The van der Waals surface area contributed by atoms with Crippen LogP contribution in [0.25, 0.3) is 0 Å². The summed E-state index contributed by atoms with van der Waals surface area (Å²) in [7, 11) is 1.58. The fourth-order valence-electron chi connectivity index (χ4n) is 2.20. The number of hydrogen-bond acceptors (Lipinski definition) is 7. The van der Waals surface area contributed by atoms with Gasteiger partial charge in [-0.25, -0.2) is 9.59 Å². The van der Waals surface area contributed by atoms with Crippen molar-refractivity contribution in [1.29, 1.82) is 0 Å². The minimum Gasteiger partial charge on any atom is -0.445 e. The van der Waals surface area contributed by atoms with Crippen molar-refractivity contribution in [3.8, 4) is 0 Å². The molecule has 0 unspecified atom stereocenters. The fraction of sp³-hybridized carbons (Fsp3) is 0.630. The number of benzene rings is 1. The molecule has 218 valence electrons. The number of anilines is 1. The molecule has 0 aliphatic rings. The Hall–Kier alpha value is -3.34. The minimum absolute atomic E-state index is 0.0624. The minimum atomic E-state index is -0.672. The molecule has 0 saturated carbocycles. The van der Waals surface area contributed by atoms with Gasteiger partial charge in [-0.2, -0.15) is 0 Å². The first-order valence-corrected chi connectivity index (χ1v) is 12.6. The first kappa shape index (κ1) is 36.8. The highest BCUT2D eigenvalue weighted by Gasteiger charge is 2.27. The number of aliphatic hydroxyl groups is 1. The van der Waals surface area contributed by atoms with Crippen LogP contribution in [0.5, 0.6) is 0 Å². The Morgan fingerprint density at radius 2 is 1.58 bits per heavy atom. The van der Waals surface area contributed by atoms with Gasteiger partial charge >= 0.3 is 12.2 Å². The smallest absolute Gasteiger partial charge is 0.410 e. The third-order valence-corrected chi connectivity index (χ3v) is 4.35. The first-order chi connectivity index (χ1) is 17.5. The third-order valence-electron chi connectivity index (χ3n) is 4.35. The van der Waals surface area contributed by atoms with E-state index in [1.807, 2.05) is 13.8 Å². The lowest BCUT2D eigenvalue weighted by atomic mass is 10.1. The van der Waals surface area contributed by atoms with Crippen LogP contribution < -0.4 is 16.0 Å². The van der Waals surface area contributed by atoms with Crippen molar-refractivity contribution in [3.63, 3.8) is 0 Å². The molecule has 0 fully saturated rings. The molecule has 0 aliphatic heterocycles. The average Bonchev–Trinajstić information content (AvgIpc) is 2.81. The number of carbonyl (C=O) groups excluding carboxylic acids is 4. The van der Waals surface area contributed by atoms with Gasteiger partial charge in [0.25, 0.3) is 0 Å². The molecule has 38 heavy (non-hydrogen) atoms. The molecule has 1 aromatic rings. The van der Waals surface area contributed by atoms with Gasteiger partial charge in [0.1, 0.15) is 18.8 Å². The number of carbonyl (C=O) groups is 4. The Morgan fingerprint density at radius 3 is 2.00 bits per heavy atom. The summed E-state index contributed by atoms with van der Waals surface area (Å²) < 4.78 is 10.1. The van der Waals surface area contributed by atoms with Crippen LogP contribution in [0.15, 0.2) is 24.3 Å². The van der Waals surface area contributed by atoms with Crippen molar-refractivity contribution in [3.05, 3.63) is 29.8 Å². The van der Waals surface area contributed by atoms with Crippen molar-refractivity contribution in [2.45, 2.75) is 92.5 Å². The predicted molar refractivity (Wildman–Crippen MR) is 149 cm³/mol. The second-order valence-corrected chi connectivity index (χ2v) is 10.3. The zero-order chi connectivity index (χ0) is 29.9. The summed E-state index contributed by atoms with van der Waals surface area (Å²) in [5.41, 5.74) is 0.270. The summed E-state index contributed by atoms with van der Waals surface area (Å²) in [6, 6.07) is 7.03. The van der Waals surface area contributed by atoms with E-state index in [9.17, 15) is 24.3 Å². The summed E-state index contributed by atoms with van der Waals surface area (Å²) in [5.74, 6) is -0.226. The van der Waals surface area contributed by atoms with Crippen molar-refractivity contribution in [2.24, 2.45) is 0 Å². The summed E-state index contributed by atoms with van der Waals surface area (Å²) in [6.07, 6.45) is 0.765. The van der Waals surface area contributed by atoms with Crippen LogP contribution in [-0.4, -0.2) is 71.9 Å². The van der Waals surface area contributed by atoms with Crippen LogP contribution >= 0.6 is 0 Å². The first-order valence-electron chi connectivity index (χ1n) is 12.6. The van der Waals surface area contributed by atoms with E-state index in [2.05, 4.69) is 29.8 Å². The summed E-state index contributed by atoms with van der Waals surface area (Å²) >= 11 is 0. The molecule has 4 N–H and O–H groups in total. The lowest BCUT2D eigenvalue weighted by Gasteiger charge is -2.32. The predicted octanol–water partition coefficient (Wildman–Crippen LogP) is 4.05. The molecule has 0 atom stereocenters. The number of hydrogen-bond donors (Lipinski definition) is 4. The number of likely N-dealkylation sites (N-methyl/N-ethyl adjacent to an activating group) is 1. The highest BCUT2D eigenvalue weighted by Crippen LogP contribution is 2.14. The molecule has 0 spiro atoms. The van der Waals surface area contributed by atoms with Crippen molar-refractivity contribution < 1.29 is 33.8 Å². The molecule has 0 bridgehead atoms.